The SMILES string of the molecule is CC1NC(C)N(CC2CCCC2C)C1=O. The molecule has 1 amide bonds. The summed E-state index contributed by atoms with van der Waals surface area (Å²) < 4.78 is 0. The molecule has 3 heteroatoms. The van der Waals surface area contributed by atoms with Gasteiger partial charge in [0, 0.05) is 6.54 Å². The van der Waals surface area contributed by atoms with Gasteiger partial charge in [-0.15, -0.1) is 0 Å². The molecule has 1 aliphatic heterocycles. The molecule has 4 unspecified atom stereocenters. The van der Waals surface area contributed by atoms with Crippen molar-refractivity contribution >= 4 is 5.91 Å². The van der Waals surface area contributed by atoms with Crippen LogP contribution in [0.15, 0.2) is 0 Å². The van der Waals surface area contributed by atoms with Gasteiger partial charge in [-0.2, -0.15) is 0 Å². The van der Waals surface area contributed by atoms with Gasteiger partial charge in [0.15, 0.2) is 0 Å². The lowest BCUT2D eigenvalue weighted by Gasteiger charge is -2.26. The van der Waals surface area contributed by atoms with Crippen LogP contribution in [0.5, 0.6) is 0 Å². The number of hydrogen-bond donors (Lipinski definition) is 1. The first kappa shape index (κ1) is 10.9. The summed E-state index contributed by atoms with van der Waals surface area (Å²) in [6, 6.07) is 0.0108. The zero-order valence-electron chi connectivity index (χ0n) is 9.99. The van der Waals surface area contributed by atoms with E-state index in [2.05, 4.69) is 19.2 Å². The summed E-state index contributed by atoms with van der Waals surface area (Å²) >= 11 is 0. The van der Waals surface area contributed by atoms with Gasteiger partial charge in [-0.1, -0.05) is 19.8 Å². The van der Waals surface area contributed by atoms with Gasteiger partial charge in [-0.25, -0.2) is 0 Å². The van der Waals surface area contributed by atoms with E-state index in [4.69, 9.17) is 0 Å². The highest BCUT2D eigenvalue weighted by Crippen LogP contribution is 2.32. The van der Waals surface area contributed by atoms with Gasteiger partial charge >= 0.3 is 0 Å². The predicted molar refractivity (Wildman–Crippen MR) is 60.3 cm³/mol. The maximum Gasteiger partial charge on any atom is 0.240 e. The maximum atomic E-state index is 11.9. The summed E-state index contributed by atoms with van der Waals surface area (Å²) in [6.45, 7) is 7.32. The number of rotatable bonds is 2. The second-order valence-electron chi connectivity index (χ2n) is 5.22. The van der Waals surface area contributed by atoms with E-state index in [-0.39, 0.29) is 18.1 Å². The summed E-state index contributed by atoms with van der Waals surface area (Å²) in [5.74, 6) is 1.80. The summed E-state index contributed by atoms with van der Waals surface area (Å²) in [5.41, 5.74) is 0. The molecule has 1 aliphatic carbocycles. The summed E-state index contributed by atoms with van der Waals surface area (Å²) in [5, 5.41) is 3.28. The Morgan fingerprint density at radius 2 is 2.07 bits per heavy atom. The second-order valence-corrected chi connectivity index (χ2v) is 5.22. The van der Waals surface area contributed by atoms with Crippen molar-refractivity contribution < 1.29 is 4.79 Å². The quantitative estimate of drug-likeness (QED) is 0.750. The molecule has 4 atom stereocenters. The summed E-state index contributed by atoms with van der Waals surface area (Å²) in [7, 11) is 0. The minimum Gasteiger partial charge on any atom is -0.326 e. The fourth-order valence-electron chi connectivity index (χ4n) is 2.96. The molecule has 15 heavy (non-hydrogen) atoms. The zero-order chi connectivity index (χ0) is 11.0. The van der Waals surface area contributed by atoms with E-state index in [1.54, 1.807) is 0 Å². The van der Waals surface area contributed by atoms with Crippen LogP contribution in [-0.4, -0.2) is 29.6 Å². The molecule has 0 bridgehead atoms. The Kier molecular flexibility index (Phi) is 3.01. The Hall–Kier alpha value is -0.570. The average molecular weight is 210 g/mol. The Morgan fingerprint density at radius 3 is 2.53 bits per heavy atom. The lowest BCUT2D eigenvalue weighted by molar-refractivity contribution is -0.130. The van der Waals surface area contributed by atoms with Gasteiger partial charge < -0.3 is 4.90 Å². The van der Waals surface area contributed by atoms with Crippen molar-refractivity contribution in [1.82, 2.24) is 10.2 Å². The van der Waals surface area contributed by atoms with Crippen LogP contribution >= 0.6 is 0 Å². The Labute approximate surface area is 92.2 Å². The van der Waals surface area contributed by atoms with E-state index in [0.29, 0.717) is 0 Å². The molecular weight excluding hydrogens is 188 g/mol. The summed E-state index contributed by atoms with van der Waals surface area (Å²) in [4.78, 5) is 13.9. The number of nitrogens with one attached hydrogen (secondary N) is 1. The van der Waals surface area contributed by atoms with Crippen molar-refractivity contribution in [2.75, 3.05) is 6.54 Å². The van der Waals surface area contributed by atoms with Crippen molar-refractivity contribution in [2.45, 2.75) is 52.2 Å². The number of nitrogens with zero attached hydrogens (tertiary/aromatic N) is 1. The van der Waals surface area contributed by atoms with Crippen LogP contribution in [0.25, 0.3) is 0 Å². The van der Waals surface area contributed by atoms with Crippen molar-refractivity contribution in [2.24, 2.45) is 11.8 Å². The fourth-order valence-corrected chi connectivity index (χ4v) is 2.96. The molecule has 1 heterocycles. The normalized spacial score (nSPS) is 41.5. The highest BCUT2D eigenvalue weighted by Gasteiger charge is 2.36. The van der Waals surface area contributed by atoms with E-state index in [1.165, 1.54) is 19.3 Å². The molecule has 1 saturated heterocycles. The van der Waals surface area contributed by atoms with Gasteiger partial charge in [-0.3, -0.25) is 10.1 Å². The average Bonchev–Trinajstić information content (AvgIpc) is 2.67. The third-order valence-electron chi connectivity index (χ3n) is 4.08. The largest absolute Gasteiger partial charge is 0.326 e. The standard InChI is InChI=1S/C12H22N2O/c1-8-5-4-6-11(8)7-14-10(3)13-9(2)12(14)15/h8-11,13H,4-7H2,1-3H3. The maximum absolute atomic E-state index is 11.9. The van der Waals surface area contributed by atoms with Crippen molar-refractivity contribution in [3.63, 3.8) is 0 Å². The van der Waals surface area contributed by atoms with Crippen LogP contribution < -0.4 is 5.32 Å². The smallest absolute Gasteiger partial charge is 0.240 e. The van der Waals surface area contributed by atoms with Crippen LogP contribution in [0.1, 0.15) is 40.0 Å². The van der Waals surface area contributed by atoms with E-state index in [1.807, 2.05) is 11.8 Å². The van der Waals surface area contributed by atoms with Gasteiger partial charge in [0.2, 0.25) is 5.91 Å². The van der Waals surface area contributed by atoms with Crippen molar-refractivity contribution in [3.05, 3.63) is 0 Å². The molecule has 2 aliphatic rings. The first-order valence-electron chi connectivity index (χ1n) is 6.16. The van der Waals surface area contributed by atoms with E-state index in [0.717, 1.165) is 18.4 Å². The molecule has 0 aromatic heterocycles. The summed E-state index contributed by atoms with van der Waals surface area (Å²) in [6.07, 6.45) is 4.20. The molecule has 86 valence electrons. The first-order valence-corrected chi connectivity index (χ1v) is 6.16. The number of carbonyl (C=O) groups excluding carboxylic acids is 1. The molecule has 0 spiro atoms. The minimum atomic E-state index is 0.0108. The lowest BCUT2D eigenvalue weighted by atomic mass is 9.97. The molecule has 3 nitrogen and oxygen atoms in total. The first-order chi connectivity index (χ1) is 7.09. The van der Waals surface area contributed by atoms with Gasteiger partial charge in [0.1, 0.15) is 0 Å². The monoisotopic (exact) mass is 210 g/mol. The molecule has 1 N–H and O–H groups in total. The third-order valence-corrected chi connectivity index (χ3v) is 4.08. The predicted octanol–water partition coefficient (Wildman–Crippen LogP) is 1.59. The van der Waals surface area contributed by atoms with Crippen LogP contribution in [0.3, 0.4) is 0 Å². The molecule has 2 fully saturated rings. The number of amides is 1. The van der Waals surface area contributed by atoms with E-state index >= 15 is 0 Å². The zero-order valence-corrected chi connectivity index (χ0v) is 9.99. The number of carbonyl (C=O) groups is 1. The van der Waals surface area contributed by atoms with Gasteiger partial charge in [0.25, 0.3) is 0 Å². The highest BCUT2D eigenvalue weighted by atomic mass is 16.2. The van der Waals surface area contributed by atoms with E-state index in [9.17, 15) is 4.79 Å². The number of hydrogen-bond acceptors (Lipinski definition) is 2. The second kappa shape index (κ2) is 4.12. The van der Waals surface area contributed by atoms with Crippen LogP contribution in [0, 0.1) is 11.8 Å². The third kappa shape index (κ3) is 2.03. The minimum absolute atomic E-state index is 0.0108. The van der Waals surface area contributed by atoms with Gasteiger partial charge in [0.05, 0.1) is 12.2 Å². The Bertz CT molecular complexity index is 254. The van der Waals surface area contributed by atoms with Crippen molar-refractivity contribution in [1.29, 1.82) is 0 Å². The molecule has 0 aromatic rings. The van der Waals surface area contributed by atoms with Crippen LogP contribution in [-0.2, 0) is 4.79 Å². The molecular formula is C12H22N2O. The fraction of sp³-hybridized carbons (Fsp3) is 0.917. The van der Waals surface area contributed by atoms with Crippen LogP contribution in [0.2, 0.25) is 0 Å². The Balaban J connectivity index is 1.96. The highest BCUT2D eigenvalue weighted by molar-refractivity contribution is 5.83. The van der Waals surface area contributed by atoms with E-state index < -0.39 is 0 Å². The molecule has 2 rings (SSSR count). The molecule has 0 radical (unpaired) electrons. The van der Waals surface area contributed by atoms with Crippen molar-refractivity contribution in [3.8, 4) is 0 Å². The topological polar surface area (TPSA) is 32.3 Å². The molecule has 1 saturated carbocycles. The van der Waals surface area contributed by atoms with Crippen LogP contribution in [0.4, 0.5) is 0 Å². The molecule has 0 aromatic carbocycles. The Morgan fingerprint density at radius 1 is 1.33 bits per heavy atom. The lowest BCUT2D eigenvalue weighted by Crippen LogP contribution is -2.38. The van der Waals surface area contributed by atoms with Gasteiger partial charge in [-0.05, 0) is 32.1 Å².